The van der Waals surface area contributed by atoms with Gasteiger partial charge in [-0.25, -0.2) is 9.78 Å². The largest absolute Gasteiger partial charge is 0.477 e. The monoisotopic (exact) mass is 755 g/mol. The Bertz CT molecular complexity index is 2300. The number of carbonyl (C=O) groups is 1. The van der Waals surface area contributed by atoms with E-state index in [-0.39, 0.29) is 25.8 Å². The van der Waals surface area contributed by atoms with E-state index in [0.29, 0.717) is 5.92 Å². The summed E-state index contributed by atoms with van der Waals surface area (Å²) in [6.45, 7) is 4.03. The normalized spacial score (nSPS) is 11.3. The number of aromatic nitrogens is 3. The average Bonchev–Trinajstić information content (AvgIpc) is 3.64. The number of hydrogen-bond acceptors (Lipinski definition) is 4. The Kier molecular flexibility index (Phi) is 7.76. The number of imidazole rings is 1. The fourth-order valence-electron chi connectivity index (χ4n) is 5.84. The molecule has 3 aromatic heterocycles. The number of furan rings is 1. The second-order valence-electron chi connectivity index (χ2n) is 11.0. The fourth-order valence-corrected chi connectivity index (χ4v) is 5.84. The third-order valence-electron chi connectivity index (χ3n) is 8.01. The van der Waals surface area contributed by atoms with E-state index < -0.39 is 5.97 Å². The van der Waals surface area contributed by atoms with Crippen LogP contribution in [0.3, 0.4) is 0 Å². The van der Waals surface area contributed by atoms with E-state index in [1.54, 1.807) is 12.3 Å². The molecule has 0 aliphatic rings. The van der Waals surface area contributed by atoms with E-state index in [0.717, 1.165) is 38.9 Å². The first-order valence-corrected chi connectivity index (χ1v) is 14.2. The minimum absolute atomic E-state index is 0. The van der Waals surface area contributed by atoms with Crippen molar-refractivity contribution in [2.75, 3.05) is 0 Å². The van der Waals surface area contributed by atoms with E-state index in [2.05, 4.69) is 76.7 Å². The van der Waals surface area contributed by atoms with Gasteiger partial charge >= 0.3 is 5.97 Å². The minimum Gasteiger partial charge on any atom is -0.477 e. The molecule has 0 aliphatic heterocycles. The topological polar surface area (TPSA) is 81.1 Å². The van der Waals surface area contributed by atoms with Gasteiger partial charge in [-0.05, 0) is 55.9 Å². The molecule has 0 unspecified atom stereocenters. The summed E-state index contributed by atoms with van der Waals surface area (Å²) < 4.78 is 8.54. The zero-order valence-corrected chi connectivity index (χ0v) is 26.7. The number of nitrogens with zero attached hydrogens (tertiary/aromatic N) is 3. The zero-order chi connectivity index (χ0) is 29.7. The Morgan fingerprint density at radius 2 is 1.45 bits per heavy atom. The van der Waals surface area contributed by atoms with Gasteiger partial charge in [0.2, 0.25) is 0 Å². The van der Waals surface area contributed by atoms with Crippen molar-refractivity contribution in [3.05, 3.63) is 121 Å². The van der Waals surface area contributed by atoms with Gasteiger partial charge in [-0.15, -0.1) is 17.7 Å². The van der Waals surface area contributed by atoms with Crippen LogP contribution in [0.1, 0.15) is 35.8 Å². The first-order valence-electron chi connectivity index (χ1n) is 14.2. The summed E-state index contributed by atoms with van der Waals surface area (Å²) in [6.07, 6.45) is 5.27. The molecule has 3 heterocycles. The van der Waals surface area contributed by atoms with Crippen LogP contribution in [0.4, 0.5) is 0 Å². The fraction of sp³-hybridized carbons (Fsp3) is 0.108. The smallest absolute Gasteiger partial charge is 0.354 e. The number of benzene rings is 5. The average molecular weight is 755 g/mol. The quantitative estimate of drug-likeness (QED) is 0.144. The van der Waals surface area contributed by atoms with Crippen LogP contribution < -0.4 is 0 Å². The molecule has 0 saturated carbocycles. The number of rotatable bonds is 3. The number of fused-ring (bicyclic) bond motifs is 10. The van der Waals surface area contributed by atoms with Gasteiger partial charge in [0.1, 0.15) is 11.3 Å². The Labute approximate surface area is 267 Å². The minimum atomic E-state index is -0.975. The second-order valence-corrected chi connectivity index (χ2v) is 11.0. The van der Waals surface area contributed by atoms with E-state index in [1.807, 2.05) is 49.9 Å². The van der Waals surface area contributed by atoms with Crippen molar-refractivity contribution in [3.63, 3.8) is 0 Å². The summed E-state index contributed by atoms with van der Waals surface area (Å²) in [5.74, 6) is 0.243. The number of carboxylic acid groups (broad SMARTS) is 1. The van der Waals surface area contributed by atoms with Crippen LogP contribution in [0, 0.1) is 6.07 Å². The van der Waals surface area contributed by atoms with Gasteiger partial charge in [0.15, 0.2) is 0 Å². The van der Waals surface area contributed by atoms with Crippen LogP contribution in [0.2, 0.25) is 0 Å². The van der Waals surface area contributed by atoms with Crippen molar-refractivity contribution in [2.45, 2.75) is 19.8 Å². The summed E-state index contributed by atoms with van der Waals surface area (Å²) in [5, 5.41) is 18.2. The van der Waals surface area contributed by atoms with Gasteiger partial charge in [-0.2, -0.15) is 0 Å². The molecule has 44 heavy (non-hydrogen) atoms. The van der Waals surface area contributed by atoms with Crippen molar-refractivity contribution in [3.8, 4) is 11.4 Å². The number of aryl methyl sites for hydroxylation is 1. The van der Waals surface area contributed by atoms with Gasteiger partial charge in [0.05, 0.1) is 11.4 Å². The van der Waals surface area contributed by atoms with Crippen molar-refractivity contribution in [1.29, 1.82) is 0 Å². The molecule has 1 N–H and O–H groups in total. The second kappa shape index (κ2) is 11.7. The molecular formula is C37H28IrN3O3-. The maximum Gasteiger partial charge on any atom is 0.354 e. The summed E-state index contributed by atoms with van der Waals surface area (Å²) in [4.78, 5) is 18.7. The summed E-state index contributed by atoms with van der Waals surface area (Å²) in [6, 6.07) is 32.5. The van der Waals surface area contributed by atoms with Crippen LogP contribution in [-0.4, -0.2) is 25.6 Å². The maximum atomic E-state index is 10.5. The standard InChI is InChI=1S/C28H17N2O.C9H11NO2.Ir/c1-30-15-14-29-28(30)17-10-11-21-24-13-12-23-20-8-3-2-6-18(20)19-7-4-5-9-22(19)26(23)27(24)31-25(21)16-17;1-6(2)7-3-4-10-8(5-7)9(11)12;/h2-9,11-16H,1H3;3-6H,1-2H3,(H,11,12);/q-1;;. The molecule has 219 valence electrons. The Hall–Kier alpha value is -4.84. The van der Waals surface area contributed by atoms with Crippen LogP contribution >= 0.6 is 0 Å². The Morgan fingerprint density at radius 1 is 0.818 bits per heavy atom. The first-order chi connectivity index (χ1) is 20.9. The third-order valence-corrected chi connectivity index (χ3v) is 8.01. The Morgan fingerprint density at radius 3 is 2.09 bits per heavy atom. The number of carboxylic acids is 1. The summed E-state index contributed by atoms with van der Waals surface area (Å²) >= 11 is 0. The molecule has 0 atom stereocenters. The van der Waals surface area contributed by atoms with E-state index in [4.69, 9.17) is 9.52 Å². The van der Waals surface area contributed by atoms with Crippen molar-refractivity contribution in [1.82, 2.24) is 14.5 Å². The molecule has 1 radical (unpaired) electrons. The van der Waals surface area contributed by atoms with E-state index in [1.165, 1.54) is 38.5 Å². The van der Waals surface area contributed by atoms with Gasteiger partial charge in [0, 0.05) is 51.1 Å². The van der Waals surface area contributed by atoms with Gasteiger partial charge < -0.3 is 14.1 Å². The molecule has 0 aliphatic carbocycles. The number of pyridine rings is 1. The molecule has 6 nitrogen and oxygen atoms in total. The predicted octanol–water partition coefficient (Wildman–Crippen LogP) is 9.15. The molecule has 7 heteroatoms. The number of aromatic carboxylic acids is 1. The maximum absolute atomic E-state index is 10.5. The van der Waals surface area contributed by atoms with Crippen LogP contribution in [0.15, 0.2) is 108 Å². The molecule has 0 spiro atoms. The van der Waals surface area contributed by atoms with E-state index in [9.17, 15) is 4.79 Å². The van der Waals surface area contributed by atoms with Crippen LogP contribution in [0.25, 0.3) is 65.6 Å². The molecule has 5 aromatic carbocycles. The molecule has 0 amide bonds. The van der Waals surface area contributed by atoms with Crippen molar-refractivity contribution >= 4 is 60.2 Å². The molecule has 8 aromatic rings. The van der Waals surface area contributed by atoms with E-state index >= 15 is 0 Å². The predicted molar refractivity (Wildman–Crippen MR) is 173 cm³/mol. The summed E-state index contributed by atoms with van der Waals surface area (Å²) in [7, 11) is 1.99. The summed E-state index contributed by atoms with van der Waals surface area (Å²) in [5.41, 5.74) is 3.83. The molecule has 0 fully saturated rings. The zero-order valence-electron chi connectivity index (χ0n) is 24.3. The molecule has 8 rings (SSSR count). The SMILES string of the molecule is CC(C)c1ccnc(C(=O)O)c1.Cn1ccnc1-c1[c-]cc2c(c1)oc1c2ccc2c3ccccc3c3ccccc3c21.[Ir]. The Balaban J connectivity index is 0.000000225. The van der Waals surface area contributed by atoms with Crippen LogP contribution in [0.5, 0.6) is 0 Å². The number of hydrogen-bond donors (Lipinski definition) is 1. The molecule has 0 saturated heterocycles. The van der Waals surface area contributed by atoms with Gasteiger partial charge in [-0.1, -0.05) is 86.0 Å². The van der Waals surface area contributed by atoms with Crippen molar-refractivity contribution < 1.29 is 34.4 Å². The first kappa shape index (κ1) is 29.2. The van der Waals surface area contributed by atoms with Gasteiger partial charge in [-0.3, -0.25) is 4.98 Å². The molecule has 0 bridgehead atoms. The van der Waals surface area contributed by atoms with Crippen molar-refractivity contribution in [2.24, 2.45) is 7.05 Å². The molecular weight excluding hydrogens is 727 g/mol. The van der Waals surface area contributed by atoms with Crippen LogP contribution in [-0.2, 0) is 27.2 Å². The van der Waals surface area contributed by atoms with Gasteiger partial charge in [0.25, 0.3) is 0 Å². The third kappa shape index (κ3) is 4.94.